The second kappa shape index (κ2) is 11.4. The van der Waals surface area contributed by atoms with Crippen molar-refractivity contribution in [2.45, 2.75) is 49.5 Å². The van der Waals surface area contributed by atoms with Crippen molar-refractivity contribution in [2.24, 2.45) is 7.05 Å². The molecule has 0 radical (unpaired) electrons. The number of hydrogen-bond acceptors (Lipinski definition) is 6. The van der Waals surface area contributed by atoms with Crippen molar-refractivity contribution in [2.75, 3.05) is 0 Å². The number of rotatable bonds is 7. The number of tetrazole rings is 1. The highest BCUT2D eigenvalue weighted by molar-refractivity contribution is 6.39. The number of fused-ring (bicyclic) bond motifs is 1. The van der Waals surface area contributed by atoms with Gasteiger partial charge in [-0.1, -0.05) is 48.2 Å². The molecule has 0 spiro atoms. The molecular weight excluding hydrogens is 628 g/mol. The van der Waals surface area contributed by atoms with Crippen LogP contribution >= 0.6 is 23.2 Å². The molecular formula is C27H24Cl2F3N8O4-. The summed E-state index contributed by atoms with van der Waals surface area (Å²) >= 11 is 12.9. The summed E-state index contributed by atoms with van der Waals surface area (Å²) in [6.45, 7) is 0.376. The first kappa shape index (κ1) is 31.2. The van der Waals surface area contributed by atoms with E-state index in [4.69, 9.17) is 34.0 Å². The van der Waals surface area contributed by atoms with E-state index in [0.717, 1.165) is 22.2 Å². The minimum atomic E-state index is -5.02. The Morgan fingerprint density at radius 1 is 1.07 bits per heavy atom. The number of aromatic nitrogens is 5. The van der Waals surface area contributed by atoms with Gasteiger partial charge in [0.1, 0.15) is 11.2 Å². The number of hydrogen-bond donors (Lipinski definition) is 3. The maximum Gasteiger partial charge on any atom is 0.471 e. The first-order chi connectivity index (χ1) is 20.6. The fourth-order valence-electron chi connectivity index (χ4n) is 4.34. The molecule has 2 aliphatic carbocycles. The molecule has 2 aromatic heterocycles. The molecule has 2 aromatic carbocycles. The molecule has 4 N–H and O–H groups in total. The van der Waals surface area contributed by atoms with E-state index in [2.05, 4.69) is 20.7 Å². The zero-order chi connectivity index (χ0) is 32.0. The van der Waals surface area contributed by atoms with E-state index in [-0.39, 0.29) is 18.7 Å². The standard InChI is InChI=1S/C21H18Cl2N7O.C6H6F3NO3/c1-29-27-19(26-28-29)18-17(23)15-10-13(22)4-7-16(15)30(18)14-5-2-12(3-6-14)11-25-20(31)21(24)8-9-21;7-6(8,9)3(11)10-5(1-2-5)4(12)13/h2-7,10,24H,8-9,11H2,1H3,(H,25,31);1-2H2,(H,10,11)(H,12,13)/q-1;. The number of aryl methyl sites for hydroxylation is 1. The predicted octanol–water partition coefficient (Wildman–Crippen LogP) is 4.61. The minimum absolute atomic E-state index is 0.0458. The van der Waals surface area contributed by atoms with Crippen molar-refractivity contribution >= 4 is 51.9 Å². The lowest BCUT2D eigenvalue weighted by molar-refractivity contribution is -0.176. The number of halogens is 5. The largest absolute Gasteiger partial charge is 0.664 e. The first-order valence-electron chi connectivity index (χ1n) is 13.1. The molecule has 17 heteroatoms. The summed E-state index contributed by atoms with van der Waals surface area (Å²) in [6, 6.07) is 13.3. The third-order valence-corrected chi connectivity index (χ3v) is 7.81. The van der Waals surface area contributed by atoms with Crippen molar-refractivity contribution < 1.29 is 32.7 Å². The van der Waals surface area contributed by atoms with Crippen LogP contribution in [0.1, 0.15) is 31.2 Å². The van der Waals surface area contributed by atoms with Crippen molar-refractivity contribution in [3.05, 3.63) is 63.8 Å². The minimum Gasteiger partial charge on any atom is -0.664 e. The van der Waals surface area contributed by atoms with E-state index in [0.29, 0.717) is 40.9 Å². The molecule has 0 bridgehead atoms. The topological polar surface area (TPSA) is 168 Å². The number of alkyl halides is 3. The zero-order valence-corrected chi connectivity index (χ0v) is 24.4. The molecule has 2 amide bonds. The van der Waals surface area contributed by atoms with E-state index in [1.54, 1.807) is 7.05 Å². The second-order valence-electron chi connectivity index (χ2n) is 10.5. The van der Waals surface area contributed by atoms with E-state index in [9.17, 15) is 27.6 Å². The monoisotopic (exact) mass is 651 g/mol. The van der Waals surface area contributed by atoms with Crippen molar-refractivity contribution in [3.8, 4) is 17.2 Å². The number of aliphatic carboxylic acids is 1. The molecule has 232 valence electrons. The lowest BCUT2D eigenvalue weighted by Crippen LogP contribution is -2.48. The van der Waals surface area contributed by atoms with E-state index in [1.807, 2.05) is 47.0 Å². The van der Waals surface area contributed by atoms with E-state index >= 15 is 0 Å². The zero-order valence-electron chi connectivity index (χ0n) is 22.9. The van der Waals surface area contributed by atoms with Gasteiger partial charge in [0.15, 0.2) is 0 Å². The van der Waals surface area contributed by atoms with Crippen molar-refractivity contribution in [3.63, 3.8) is 0 Å². The number of carbonyl (C=O) groups excluding carboxylic acids is 2. The van der Waals surface area contributed by atoms with Gasteiger partial charge < -0.3 is 26.0 Å². The number of carboxylic acids is 1. The highest BCUT2D eigenvalue weighted by Crippen LogP contribution is 2.40. The maximum atomic E-state index is 12.0. The summed E-state index contributed by atoms with van der Waals surface area (Å²) in [7, 11) is 1.69. The smallest absolute Gasteiger partial charge is 0.471 e. The second-order valence-corrected chi connectivity index (χ2v) is 11.3. The molecule has 0 saturated heterocycles. The van der Waals surface area contributed by atoms with Gasteiger partial charge in [-0.15, -0.1) is 10.2 Å². The summed E-state index contributed by atoms with van der Waals surface area (Å²) in [5.41, 5.74) is 8.58. The van der Waals surface area contributed by atoms with Crippen LogP contribution in [0.3, 0.4) is 0 Å². The van der Waals surface area contributed by atoms with Crippen LogP contribution in [0.15, 0.2) is 42.5 Å². The maximum absolute atomic E-state index is 12.0. The van der Waals surface area contributed by atoms with Gasteiger partial charge in [-0.05, 0) is 59.5 Å². The lowest BCUT2D eigenvalue weighted by atomic mass is 10.2. The summed E-state index contributed by atoms with van der Waals surface area (Å²) in [4.78, 5) is 34.1. The normalized spacial score (nSPS) is 16.1. The number of benzene rings is 2. The van der Waals surface area contributed by atoms with Gasteiger partial charge in [0.25, 0.3) is 0 Å². The molecule has 2 heterocycles. The van der Waals surface area contributed by atoms with Crippen LogP contribution in [-0.4, -0.2) is 64.9 Å². The van der Waals surface area contributed by atoms with Gasteiger partial charge in [-0.25, -0.2) is 4.79 Å². The van der Waals surface area contributed by atoms with Gasteiger partial charge in [-0.2, -0.15) is 18.0 Å². The molecule has 0 atom stereocenters. The number of nitrogens with zero attached hydrogens (tertiary/aromatic N) is 5. The SMILES string of the molecule is Cn1nnc(-c2c(Cl)c3cc(Cl)ccc3n2-c2ccc(CNC(=O)C3([NH-])CC3)cc2)n1.O=C(NC1(C(=O)O)CC1)C(F)(F)F. The van der Waals surface area contributed by atoms with Gasteiger partial charge in [0.05, 0.1) is 17.6 Å². The Morgan fingerprint density at radius 2 is 1.73 bits per heavy atom. The number of amides is 2. The molecule has 12 nitrogen and oxygen atoms in total. The number of nitrogens with one attached hydrogen (secondary N) is 3. The van der Waals surface area contributed by atoms with E-state index in [1.165, 1.54) is 10.1 Å². The van der Waals surface area contributed by atoms with E-state index < -0.39 is 29.1 Å². The Kier molecular flexibility index (Phi) is 8.07. The van der Waals surface area contributed by atoms with Crippen LogP contribution in [0, 0.1) is 0 Å². The van der Waals surface area contributed by atoms with Gasteiger partial charge >= 0.3 is 18.1 Å². The molecule has 2 fully saturated rings. The van der Waals surface area contributed by atoms with Crippen LogP contribution in [0.25, 0.3) is 33.8 Å². The van der Waals surface area contributed by atoms with Crippen molar-refractivity contribution in [1.82, 2.24) is 35.4 Å². The molecule has 0 unspecified atom stereocenters. The predicted molar refractivity (Wildman–Crippen MR) is 153 cm³/mol. The van der Waals surface area contributed by atoms with Gasteiger partial charge in [0, 0.05) is 22.6 Å². The van der Waals surface area contributed by atoms with Crippen LogP contribution in [0.5, 0.6) is 0 Å². The summed E-state index contributed by atoms with van der Waals surface area (Å²) in [5, 5.41) is 27.0. The first-order valence-corrected chi connectivity index (χ1v) is 13.9. The Balaban J connectivity index is 0.000000249. The Morgan fingerprint density at radius 3 is 2.25 bits per heavy atom. The quantitative estimate of drug-likeness (QED) is 0.262. The molecule has 44 heavy (non-hydrogen) atoms. The van der Waals surface area contributed by atoms with Crippen LogP contribution < -0.4 is 10.6 Å². The average Bonchev–Trinajstić information content (AvgIpc) is 3.86. The lowest BCUT2D eigenvalue weighted by Gasteiger charge is -2.17. The van der Waals surface area contributed by atoms with Crippen LogP contribution in [0.2, 0.25) is 10.0 Å². The third kappa shape index (κ3) is 6.34. The molecule has 2 aliphatic rings. The third-order valence-electron chi connectivity index (χ3n) is 7.19. The Labute approximate surface area is 257 Å². The number of carboxylic acid groups (broad SMARTS) is 1. The average molecular weight is 652 g/mol. The highest BCUT2D eigenvalue weighted by Gasteiger charge is 2.55. The number of carbonyl (C=O) groups is 3. The molecule has 4 aromatic rings. The fourth-order valence-corrected chi connectivity index (χ4v) is 4.83. The molecule has 6 rings (SSSR count). The van der Waals surface area contributed by atoms with Crippen LogP contribution in [-0.2, 0) is 28.0 Å². The summed E-state index contributed by atoms with van der Waals surface area (Å²) in [5.74, 6) is -3.44. The summed E-state index contributed by atoms with van der Waals surface area (Å²) < 4.78 is 37.0. The van der Waals surface area contributed by atoms with Crippen molar-refractivity contribution in [1.29, 1.82) is 0 Å². The molecule has 2 saturated carbocycles. The van der Waals surface area contributed by atoms with Gasteiger partial charge in [-0.3, -0.25) is 9.59 Å². The molecule has 0 aliphatic heterocycles. The highest BCUT2D eigenvalue weighted by atomic mass is 35.5. The Bertz CT molecular complexity index is 1760. The Hall–Kier alpha value is -4.21. The summed E-state index contributed by atoms with van der Waals surface area (Å²) in [6.07, 6.45) is -3.68. The fraction of sp³-hybridized carbons (Fsp3) is 0.333. The van der Waals surface area contributed by atoms with Crippen LogP contribution in [0.4, 0.5) is 13.2 Å². The van der Waals surface area contributed by atoms with Gasteiger partial charge in [0.2, 0.25) is 11.7 Å².